The summed E-state index contributed by atoms with van der Waals surface area (Å²) in [5.74, 6) is 2.37. The lowest BCUT2D eigenvalue weighted by atomic mass is 10.2. The summed E-state index contributed by atoms with van der Waals surface area (Å²) in [7, 11) is 0. The Balaban J connectivity index is 2.29. The first-order chi connectivity index (χ1) is 7.63. The third kappa shape index (κ3) is 4.28. The Morgan fingerprint density at radius 1 is 1.62 bits per heavy atom. The number of thioether (sulfide) groups is 1. The molecule has 0 bridgehead atoms. The number of carbonyl (C=O) groups excluding carboxylic acids is 1. The maximum Gasteiger partial charge on any atom is 0.237 e. The molecule has 0 unspecified atom stereocenters. The van der Waals surface area contributed by atoms with E-state index in [1.807, 2.05) is 25.3 Å². The Hall–Kier alpha value is -0.940. The first-order valence-electron chi connectivity index (χ1n) is 5.21. The van der Waals surface area contributed by atoms with Gasteiger partial charge in [-0.25, -0.2) is 0 Å². The lowest BCUT2D eigenvalue weighted by Crippen LogP contribution is -2.40. The summed E-state index contributed by atoms with van der Waals surface area (Å²) in [6.07, 6.45) is 2.69. The average Bonchev–Trinajstić information content (AvgIpc) is 2.68. The summed E-state index contributed by atoms with van der Waals surface area (Å²) in [5, 5.41) is 2.75. The van der Waals surface area contributed by atoms with E-state index in [0.717, 1.165) is 17.3 Å². The van der Waals surface area contributed by atoms with Gasteiger partial charge in [-0.3, -0.25) is 4.79 Å². The molecule has 1 heterocycles. The number of furan rings is 1. The largest absolute Gasteiger partial charge is 0.465 e. The van der Waals surface area contributed by atoms with Gasteiger partial charge in [-0.1, -0.05) is 0 Å². The third-order valence-electron chi connectivity index (χ3n) is 2.20. The van der Waals surface area contributed by atoms with E-state index < -0.39 is 6.04 Å². The van der Waals surface area contributed by atoms with Crippen molar-refractivity contribution in [3.63, 3.8) is 0 Å². The lowest BCUT2D eigenvalue weighted by molar-refractivity contribution is -0.122. The Bertz CT molecular complexity index is 338. The highest BCUT2D eigenvalue weighted by Gasteiger charge is 2.12. The minimum absolute atomic E-state index is 0.122. The zero-order chi connectivity index (χ0) is 12.0. The van der Waals surface area contributed by atoms with Crippen LogP contribution in [-0.4, -0.2) is 24.0 Å². The van der Waals surface area contributed by atoms with Crippen molar-refractivity contribution in [3.05, 3.63) is 23.7 Å². The predicted octanol–water partition coefficient (Wildman–Crippen LogP) is 1.28. The molecule has 0 saturated heterocycles. The number of hydrogen-bond donors (Lipinski definition) is 2. The number of nitrogens with two attached hydrogens (primary N) is 1. The molecular formula is C11H18N2O2S. The van der Waals surface area contributed by atoms with Gasteiger partial charge in [0.05, 0.1) is 12.6 Å². The van der Waals surface area contributed by atoms with Crippen molar-refractivity contribution in [2.75, 3.05) is 12.0 Å². The van der Waals surface area contributed by atoms with Crippen LogP contribution in [0.25, 0.3) is 0 Å². The van der Waals surface area contributed by atoms with Crippen LogP contribution in [0.15, 0.2) is 16.5 Å². The van der Waals surface area contributed by atoms with E-state index in [4.69, 9.17) is 10.2 Å². The van der Waals surface area contributed by atoms with Crippen LogP contribution in [0.4, 0.5) is 0 Å². The fourth-order valence-corrected chi connectivity index (χ4v) is 1.75. The van der Waals surface area contributed by atoms with Crippen LogP contribution in [0.2, 0.25) is 0 Å². The Morgan fingerprint density at radius 3 is 2.94 bits per heavy atom. The second-order valence-corrected chi connectivity index (χ2v) is 4.60. The molecule has 1 atom stereocenters. The average molecular weight is 242 g/mol. The number of carbonyl (C=O) groups is 1. The van der Waals surface area contributed by atoms with Crippen molar-refractivity contribution in [2.24, 2.45) is 5.73 Å². The maximum atomic E-state index is 11.5. The van der Waals surface area contributed by atoms with Crippen molar-refractivity contribution in [2.45, 2.75) is 25.9 Å². The predicted molar refractivity (Wildman–Crippen MR) is 66.3 cm³/mol. The first-order valence-corrected chi connectivity index (χ1v) is 6.60. The Kier molecular flexibility index (Phi) is 5.42. The summed E-state index contributed by atoms with van der Waals surface area (Å²) in [5.41, 5.74) is 5.72. The number of rotatable bonds is 6. The molecular weight excluding hydrogens is 224 g/mol. The number of amides is 1. The summed E-state index contributed by atoms with van der Waals surface area (Å²) in [6, 6.07) is 3.29. The van der Waals surface area contributed by atoms with Gasteiger partial charge in [0.2, 0.25) is 5.91 Å². The molecule has 4 nitrogen and oxygen atoms in total. The molecule has 0 aliphatic carbocycles. The van der Waals surface area contributed by atoms with E-state index in [-0.39, 0.29) is 5.91 Å². The van der Waals surface area contributed by atoms with Crippen molar-refractivity contribution in [1.29, 1.82) is 0 Å². The molecule has 0 radical (unpaired) electrons. The van der Waals surface area contributed by atoms with Gasteiger partial charge in [0.1, 0.15) is 11.5 Å². The van der Waals surface area contributed by atoms with Crippen LogP contribution < -0.4 is 11.1 Å². The van der Waals surface area contributed by atoms with Gasteiger partial charge in [0, 0.05) is 0 Å². The topological polar surface area (TPSA) is 68.3 Å². The van der Waals surface area contributed by atoms with Gasteiger partial charge in [0.15, 0.2) is 0 Å². The number of aryl methyl sites for hydroxylation is 1. The van der Waals surface area contributed by atoms with E-state index in [0.29, 0.717) is 13.0 Å². The van der Waals surface area contributed by atoms with Crippen LogP contribution in [0.5, 0.6) is 0 Å². The van der Waals surface area contributed by atoms with E-state index in [9.17, 15) is 4.79 Å². The van der Waals surface area contributed by atoms with E-state index >= 15 is 0 Å². The second-order valence-electron chi connectivity index (χ2n) is 3.62. The van der Waals surface area contributed by atoms with Crippen molar-refractivity contribution >= 4 is 17.7 Å². The highest BCUT2D eigenvalue weighted by molar-refractivity contribution is 7.98. The minimum Gasteiger partial charge on any atom is -0.465 e. The van der Waals surface area contributed by atoms with E-state index in [1.165, 1.54) is 0 Å². The molecule has 0 aromatic carbocycles. The maximum absolute atomic E-state index is 11.5. The standard InChI is InChI=1S/C11H18N2O2S/c1-8-3-4-9(15-8)7-13-11(14)10(12)5-6-16-2/h3-4,10H,5-7,12H2,1-2H3,(H,13,14)/t10-/m0/s1. The van der Waals surface area contributed by atoms with Crippen LogP contribution in [0.1, 0.15) is 17.9 Å². The van der Waals surface area contributed by atoms with Crippen molar-refractivity contribution in [1.82, 2.24) is 5.32 Å². The molecule has 3 N–H and O–H groups in total. The van der Waals surface area contributed by atoms with Crippen LogP contribution in [0, 0.1) is 6.92 Å². The molecule has 0 spiro atoms. The van der Waals surface area contributed by atoms with Gasteiger partial charge >= 0.3 is 0 Å². The molecule has 0 aliphatic heterocycles. The van der Waals surface area contributed by atoms with Gasteiger partial charge in [0.25, 0.3) is 0 Å². The quantitative estimate of drug-likeness (QED) is 0.788. The van der Waals surface area contributed by atoms with Crippen molar-refractivity contribution < 1.29 is 9.21 Å². The Labute approximate surface area is 100.0 Å². The second kappa shape index (κ2) is 6.60. The highest BCUT2D eigenvalue weighted by Crippen LogP contribution is 2.05. The zero-order valence-corrected chi connectivity index (χ0v) is 10.5. The SMILES string of the molecule is CSCC[C@H](N)C(=O)NCc1ccc(C)o1. The molecule has 1 amide bonds. The summed E-state index contributed by atoms with van der Waals surface area (Å²) in [4.78, 5) is 11.5. The zero-order valence-electron chi connectivity index (χ0n) is 9.66. The normalized spacial score (nSPS) is 12.4. The molecule has 0 aliphatic rings. The van der Waals surface area contributed by atoms with Crippen LogP contribution in [0.3, 0.4) is 0 Å². The monoisotopic (exact) mass is 242 g/mol. The molecule has 5 heteroatoms. The van der Waals surface area contributed by atoms with Crippen molar-refractivity contribution in [3.8, 4) is 0 Å². The fraction of sp³-hybridized carbons (Fsp3) is 0.545. The molecule has 1 rings (SSSR count). The smallest absolute Gasteiger partial charge is 0.237 e. The summed E-state index contributed by atoms with van der Waals surface area (Å²) in [6.45, 7) is 2.27. The van der Waals surface area contributed by atoms with Gasteiger partial charge in [-0.2, -0.15) is 11.8 Å². The van der Waals surface area contributed by atoms with Gasteiger partial charge < -0.3 is 15.5 Å². The first kappa shape index (κ1) is 13.1. The number of nitrogens with one attached hydrogen (secondary N) is 1. The molecule has 16 heavy (non-hydrogen) atoms. The molecule has 1 aromatic heterocycles. The molecule has 90 valence electrons. The van der Waals surface area contributed by atoms with Gasteiger partial charge in [-0.05, 0) is 37.5 Å². The van der Waals surface area contributed by atoms with Gasteiger partial charge in [-0.15, -0.1) is 0 Å². The van der Waals surface area contributed by atoms with Crippen LogP contribution >= 0.6 is 11.8 Å². The lowest BCUT2D eigenvalue weighted by Gasteiger charge is -2.10. The summed E-state index contributed by atoms with van der Waals surface area (Å²) < 4.78 is 5.34. The molecule has 1 aromatic rings. The molecule has 0 fully saturated rings. The summed E-state index contributed by atoms with van der Waals surface area (Å²) >= 11 is 1.69. The third-order valence-corrected chi connectivity index (χ3v) is 2.85. The number of hydrogen-bond acceptors (Lipinski definition) is 4. The minimum atomic E-state index is -0.427. The Morgan fingerprint density at radius 2 is 2.38 bits per heavy atom. The molecule has 0 saturated carbocycles. The van der Waals surface area contributed by atoms with E-state index in [2.05, 4.69) is 5.32 Å². The van der Waals surface area contributed by atoms with Crippen LogP contribution in [-0.2, 0) is 11.3 Å². The highest BCUT2D eigenvalue weighted by atomic mass is 32.2. The fourth-order valence-electron chi connectivity index (χ4n) is 1.26. The van der Waals surface area contributed by atoms with E-state index in [1.54, 1.807) is 11.8 Å².